The highest BCUT2D eigenvalue weighted by Crippen LogP contribution is 2.44. The molecule has 0 aromatic heterocycles. The fourth-order valence-corrected chi connectivity index (χ4v) is 3.14. The largest absolute Gasteiger partial charge is 0.106 e. The topological polar surface area (TPSA) is 0 Å². The molecule has 2 aliphatic rings. The highest BCUT2D eigenvalue weighted by atomic mass is 79.9. The van der Waals surface area contributed by atoms with Gasteiger partial charge in [0.05, 0.1) is 0 Å². The number of rotatable bonds is 0. The van der Waals surface area contributed by atoms with Crippen LogP contribution in [0.4, 0.5) is 0 Å². The van der Waals surface area contributed by atoms with Crippen LogP contribution < -0.4 is 0 Å². The lowest BCUT2D eigenvalue weighted by Crippen LogP contribution is -2.24. The fourth-order valence-electron chi connectivity index (χ4n) is 2.42. The van der Waals surface area contributed by atoms with Gasteiger partial charge >= 0.3 is 0 Å². The van der Waals surface area contributed by atoms with Crippen LogP contribution in [0.1, 0.15) is 19.3 Å². The Labute approximate surface area is 83.7 Å². The standard InChI is InChI=1S/C10H14BBr/c11-9-5-1-4-8-7(9)3-2-6-10(8)12/h1,4,6-9H,2-3,5,11H2. The summed E-state index contributed by atoms with van der Waals surface area (Å²) in [7, 11) is 2.38. The minimum Gasteiger partial charge on any atom is -0.0883 e. The molecule has 0 N–H and O–H groups in total. The van der Waals surface area contributed by atoms with Crippen molar-refractivity contribution in [1.82, 2.24) is 0 Å². The van der Waals surface area contributed by atoms with Gasteiger partial charge in [0.1, 0.15) is 7.85 Å². The molecule has 0 aliphatic heterocycles. The summed E-state index contributed by atoms with van der Waals surface area (Å²) in [6, 6.07) is 0. The van der Waals surface area contributed by atoms with Crippen molar-refractivity contribution in [1.29, 1.82) is 0 Å². The first-order valence-electron chi connectivity index (χ1n) is 4.81. The van der Waals surface area contributed by atoms with Gasteiger partial charge in [-0.15, -0.1) is 0 Å². The average molecular weight is 225 g/mol. The van der Waals surface area contributed by atoms with Crippen LogP contribution >= 0.6 is 15.9 Å². The summed E-state index contributed by atoms with van der Waals surface area (Å²) in [5.74, 6) is 2.47. The molecule has 0 heterocycles. The van der Waals surface area contributed by atoms with E-state index in [0.29, 0.717) is 5.92 Å². The van der Waals surface area contributed by atoms with Crippen LogP contribution in [0.25, 0.3) is 0 Å². The summed E-state index contributed by atoms with van der Waals surface area (Å²) in [5.41, 5.74) is 0. The minimum absolute atomic E-state index is 0.697. The van der Waals surface area contributed by atoms with E-state index in [4.69, 9.17) is 0 Å². The molecule has 3 atom stereocenters. The van der Waals surface area contributed by atoms with Crippen LogP contribution in [0.2, 0.25) is 5.82 Å². The van der Waals surface area contributed by atoms with E-state index in [-0.39, 0.29) is 0 Å². The molecular formula is C10H14BBr. The highest BCUT2D eigenvalue weighted by Gasteiger charge is 2.30. The first kappa shape index (κ1) is 8.62. The van der Waals surface area contributed by atoms with Gasteiger partial charge in [-0.25, -0.2) is 0 Å². The second-order valence-electron chi connectivity index (χ2n) is 4.00. The van der Waals surface area contributed by atoms with Crippen LogP contribution in [-0.4, -0.2) is 7.85 Å². The molecule has 64 valence electrons. The van der Waals surface area contributed by atoms with Crippen molar-refractivity contribution in [2.45, 2.75) is 25.1 Å². The van der Waals surface area contributed by atoms with Gasteiger partial charge in [0.15, 0.2) is 0 Å². The van der Waals surface area contributed by atoms with Crippen molar-refractivity contribution >= 4 is 23.8 Å². The van der Waals surface area contributed by atoms with E-state index in [1.807, 2.05) is 0 Å². The van der Waals surface area contributed by atoms with Crippen LogP contribution in [0.5, 0.6) is 0 Å². The number of fused-ring (bicyclic) bond motifs is 1. The van der Waals surface area contributed by atoms with Gasteiger partial charge in [0, 0.05) is 5.92 Å². The second kappa shape index (κ2) is 3.41. The molecule has 0 radical (unpaired) electrons. The van der Waals surface area contributed by atoms with E-state index in [2.05, 4.69) is 42.0 Å². The molecule has 0 saturated heterocycles. The molecule has 3 unspecified atom stereocenters. The molecule has 0 aromatic rings. The van der Waals surface area contributed by atoms with E-state index in [1.165, 1.54) is 23.7 Å². The lowest BCUT2D eigenvalue weighted by Gasteiger charge is -2.35. The lowest BCUT2D eigenvalue weighted by atomic mass is 9.63. The number of hydrogen-bond donors (Lipinski definition) is 0. The molecule has 12 heavy (non-hydrogen) atoms. The molecule has 0 aromatic carbocycles. The van der Waals surface area contributed by atoms with Crippen LogP contribution in [0.15, 0.2) is 22.7 Å². The van der Waals surface area contributed by atoms with Crippen LogP contribution in [-0.2, 0) is 0 Å². The Balaban J connectivity index is 2.25. The highest BCUT2D eigenvalue weighted by molar-refractivity contribution is 9.11. The summed E-state index contributed by atoms with van der Waals surface area (Å²) >= 11 is 3.67. The summed E-state index contributed by atoms with van der Waals surface area (Å²) < 4.78 is 1.42. The van der Waals surface area contributed by atoms with Crippen molar-refractivity contribution in [2.75, 3.05) is 0 Å². The zero-order chi connectivity index (χ0) is 8.55. The smallest absolute Gasteiger partial charge is 0.0883 e. The maximum Gasteiger partial charge on any atom is 0.106 e. The van der Waals surface area contributed by atoms with Crippen LogP contribution in [0.3, 0.4) is 0 Å². The number of halogens is 1. The summed E-state index contributed by atoms with van der Waals surface area (Å²) in [6.07, 6.45) is 11.0. The van der Waals surface area contributed by atoms with E-state index in [0.717, 1.165) is 11.7 Å². The fraction of sp³-hybridized carbons (Fsp3) is 0.600. The zero-order valence-corrected chi connectivity index (χ0v) is 9.05. The first-order chi connectivity index (χ1) is 5.79. The summed E-state index contributed by atoms with van der Waals surface area (Å²) in [5, 5.41) is 0. The predicted octanol–water partition coefficient (Wildman–Crippen LogP) is 2.67. The van der Waals surface area contributed by atoms with Crippen molar-refractivity contribution < 1.29 is 0 Å². The number of hydrogen-bond acceptors (Lipinski definition) is 0. The number of allylic oxidation sites excluding steroid dienone is 4. The average Bonchev–Trinajstić information content (AvgIpc) is 2.07. The first-order valence-corrected chi connectivity index (χ1v) is 5.60. The molecular weight excluding hydrogens is 211 g/mol. The monoisotopic (exact) mass is 224 g/mol. The molecule has 0 amide bonds. The van der Waals surface area contributed by atoms with Gasteiger partial charge in [-0.2, -0.15) is 0 Å². The van der Waals surface area contributed by atoms with Gasteiger partial charge in [-0.3, -0.25) is 0 Å². The van der Waals surface area contributed by atoms with Gasteiger partial charge in [0.2, 0.25) is 0 Å². The van der Waals surface area contributed by atoms with E-state index in [1.54, 1.807) is 0 Å². The third kappa shape index (κ3) is 1.41. The molecule has 0 nitrogen and oxygen atoms in total. The Morgan fingerprint density at radius 2 is 2.33 bits per heavy atom. The van der Waals surface area contributed by atoms with Gasteiger partial charge in [-0.1, -0.05) is 40.0 Å². The third-order valence-corrected chi connectivity index (χ3v) is 4.05. The Kier molecular flexibility index (Phi) is 2.45. The summed E-state index contributed by atoms with van der Waals surface area (Å²) in [6.45, 7) is 0. The Morgan fingerprint density at radius 3 is 3.08 bits per heavy atom. The molecule has 0 fully saturated rings. The second-order valence-corrected chi connectivity index (χ2v) is 4.91. The molecule has 2 heteroatoms. The van der Waals surface area contributed by atoms with E-state index < -0.39 is 0 Å². The molecule has 0 bridgehead atoms. The van der Waals surface area contributed by atoms with Gasteiger partial charge < -0.3 is 0 Å². The van der Waals surface area contributed by atoms with Gasteiger partial charge in [-0.05, 0) is 29.7 Å². The quantitative estimate of drug-likeness (QED) is 0.439. The normalized spacial score (nSPS) is 40.4. The molecule has 0 saturated carbocycles. The Morgan fingerprint density at radius 1 is 1.50 bits per heavy atom. The SMILES string of the molecule is BC1CC=CC2C(Br)=CCCC12. The Hall–Kier alpha value is 0.0249. The van der Waals surface area contributed by atoms with Crippen molar-refractivity contribution in [3.8, 4) is 0 Å². The van der Waals surface area contributed by atoms with E-state index in [9.17, 15) is 0 Å². The van der Waals surface area contributed by atoms with Gasteiger partial charge in [0.25, 0.3) is 0 Å². The maximum atomic E-state index is 3.67. The van der Waals surface area contributed by atoms with E-state index >= 15 is 0 Å². The predicted molar refractivity (Wildman–Crippen MR) is 59.3 cm³/mol. The minimum atomic E-state index is 0.697. The van der Waals surface area contributed by atoms with Crippen LogP contribution in [0, 0.1) is 11.8 Å². The molecule has 2 aliphatic carbocycles. The van der Waals surface area contributed by atoms with Crippen molar-refractivity contribution in [2.24, 2.45) is 11.8 Å². The summed E-state index contributed by atoms with van der Waals surface area (Å²) in [4.78, 5) is 0. The van der Waals surface area contributed by atoms with Crippen molar-refractivity contribution in [3.05, 3.63) is 22.7 Å². The Bertz CT molecular complexity index is 232. The van der Waals surface area contributed by atoms with Crippen molar-refractivity contribution in [3.63, 3.8) is 0 Å². The molecule has 0 spiro atoms. The zero-order valence-electron chi connectivity index (χ0n) is 7.46. The maximum absolute atomic E-state index is 3.67. The third-order valence-electron chi connectivity index (χ3n) is 3.20. The molecule has 2 rings (SSSR count). The lowest BCUT2D eigenvalue weighted by molar-refractivity contribution is 0.366.